The van der Waals surface area contributed by atoms with Crippen molar-refractivity contribution in [2.24, 2.45) is 0 Å². The Morgan fingerprint density at radius 3 is 2.56 bits per heavy atom. The molecular formula is C21H23NO4S. The van der Waals surface area contributed by atoms with E-state index in [-0.39, 0.29) is 12.0 Å². The monoisotopic (exact) mass is 385 g/mol. The molecule has 0 saturated carbocycles. The van der Waals surface area contributed by atoms with Gasteiger partial charge in [-0.05, 0) is 53.2 Å². The first-order chi connectivity index (χ1) is 12.8. The Balaban J connectivity index is 1.78. The summed E-state index contributed by atoms with van der Waals surface area (Å²) in [6.07, 6.45) is 3.85. The van der Waals surface area contributed by atoms with Crippen LogP contribution in [0.25, 0.3) is 6.08 Å². The van der Waals surface area contributed by atoms with Gasteiger partial charge in [-0.25, -0.2) is 17.9 Å². The summed E-state index contributed by atoms with van der Waals surface area (Å²) in [7, 11) is -3.61. The standard InChI is InChI=1S/C21H23NO4S/c1-14(2)19-5-3-4-6-20(19)27(25,26)22-18-12-16-9-7-15(8-10-21(23)24)11-17(16)13-18/h3-11,14,18,22H,12-13H2,1-2H3,(H,23,24). The smallest absolute Gasteiger partial charge is 0.328 e. The van der Waals surface area contributed by atoms with E-state index in [1.165, 1.54) is 0 Å². The number of fused-ring (bicyclic) bond motifs is 1. The summed E-state index contributed by atoms with van der Waals surface area (Å²) in [6, 6.07) is 12.6. The fraction of sp³-hybridized carbons (Fsp3) is 0.286. The Hall–Kier alpha value is -2.44. The molecule has 0 amide bonds. The van der Waals surface area contributed by atoms with Crippen LogP contribution in [0.1, 0.15) is 42.0 Å². The van der Waals surface area contributed by atoms with Crippen molar-refractivity contribution >= 4 is 22.1 Å². The van der Waals surface area contributed by atoms with Crippen LogP contribution in [0.15, 0.2) is 53.4 Å². The van der Waals surface area contributed by atoms with Crippen LogP contribution in [0.4, 0.5) is 0 Å². The molecule has 6 heteroatoms. The van der Waals surface area contributed by atoms with Crippen molar-refractivity contribution < 1.29 is 18.3 Å². The molecule has 3 rings (SSSR count). The third-order valence-electron chi connectivity index (χ3n) is 4.73. The van der Waals surface area contributed by atoms with Crippen LogP contribution in [0.5, 0.6) is 0 Å². The molecule has 1 aliphatic carbocycles. The molecule has 0 bridgehead atoms. The van der Waals surface area contributed by atoms with Crippen molar-refractivity contribution in [1.29, 1.82) is 0 Å². The largest absolute Gasteiger partial charge is 0.478 e. The maximum Gasteiger partial charge on any atom is 0.328 e. The van der Waals surface area contributed by atoms with E-state index in [9.17, 15) is 13.2 Å². The molecule has 0 aliphatic heterocycles. The van der Waals surface area contributed by atoms with E-state index >= 15 is 0 Å². The number of carboxylic acid groups (broad SMARTS) is 1. The normalized spacial score (nSPS) is 16.8. The summed E-state index contributed by atoms with van der Waals surface area (Å²) >= 11 is 0. The molecule has 0 saturated heterocycles. The second-order valence-electron chi connectivity index (χ2n) is 7.12. The number of sulfonamides is 1. The third-order valence-corrected chi connectivity index (χ3v) is 6.33. The van der Waals surface area contributed by atoms with Gasteiger partial charge in [0.2, 0.25) is 10.0 Å². The lowest BCUT2D eigenvalue weighted by Crippen LogP contribution is -2.35. The predicted molar refractivity (Wildman–Crippen MR) is 105 cm³/mol. The zero-order valence-corrected chi connectivity index (χ0v) is 16.2. The van der Waals surface area contributed by atoms with Gasteiger partial charge in [0.15, 0.2) is 0 Å². The van der Waals surface area contributed by atoms with Crippen LogP contribution in [-0.2, 0) is 27.7 Å². The lowest BCUT2D eigenvalue weighted by atomic mass is 10.0. The number of hydrogen-bond donors (Lipinski definition) is 2. The Morgan fingerprint density at radius 2 is 1.85 bits per heavy atom. The average Bonchev–Trinajstić information content (AvgIpc) is 3.00. The van der Waals surface area contributed by atoms with Crippen LogP contribution in [0.2, 0.25) is 0 Å². The first-order valence-electron chi connectivity index (χ1n) is 8.90. The molecule has 1 unspecified atom stereocenters. The molecule has 2 aromatic carbocycles. The van der Waals surface area contributed by atoms with Crippen molar-refractivity contribution in [3.63, 3.8) is 0 Å². The second kappa shape index (κ2) is 7.66. The maximum atomic E-state index is 12.9. The number of benzene rings is 2. The van der Waals surface area contributed by atoms with Crippen LogP contribution in [0, 0.1) is 0 Å². The highest BCUT2D eigenvalue weighted by atomic mass is 32.2. The molecule has 1 atom stereocenters. The van der Waals surface area contributed by atoms with E-state index < -0.39 is 16.0 Å². The van der Waals surface area contributed by atoms with Gasteiger partial charge in [0, 0.05) is 12.1 Å². The van der Waals surface area contributed by atoms with E-state index in [0.29, 0.717) is 17.7 Å². The van der Waals surface area contributed by atoms with Crippen LogP contribution in [-0.4, -0.2) is 25.5 Å². The molecule has 5 nitrogen and oxygen atoms in total. The molecule has 0 heterocycles. The van der Waals surface area contributed by atoms with Crippen LogP contribution >= 0.6 is 0 Å². The molecule has 2 aromatic rings. The zero-order chi connectivity index (χ0) is 19.6. The van der Waals surface area contributed by atoms with Gasteiger partial charge in [-0.2, -0.15) is 0 Å². The lowest BCUT2D eigenvalue weighted by Gasteiger charge is -2.17. The number of hydrogen-bond acceptors (Lipinski definition) is 3. The number of aliphatic carboxylic acids is 1. The van der Waals surface area contributed by atoms with Crippen molar-refractivity contribution in [1.82, 2.24) is 4.72 Å². The van der Waals surface area contributed by atoms with Crippen molar-refractivity contribution in [3.05, 3.63) is 70.8 Å². The summed E-state index contributed by atoms with van der Waals surface area (Å²) in [4.78, 5) is 11.0. The summed E-state index contributed by atoms with van der Waals surface area (Å²) in [6.45, 7) is 3.96. The molecule has 1 aliphatic rings. The highest BCUT2D eigenvalue weighted by Gasteiger charge is 2.28. The van der Waals surface area contributed by atoms with Gasteiger partial charge in [-0.1, -0.05) is 50.2 Å². The minimum absolute atomic E-state index is 0.113. The molecular weight excluding hydrogens is 362 g/mol. The highest BCUT2D eigenvalue weighted by Crippen LogP contribution is 2.27. The van der Waals surface area contributed by atoms with Gasteiger partial charge in [-0.15, -0.1) is 0 Å². The Kier molecular flexibility index (Phi) is 5.48. The van der Waals surface area contributed by atoms with Crippen molar-refractivity contribution in [2.45, 2.75) is 43.5 Å². The number of carbonyl (C=O) groups is 1. The summed E-state index contributed by atoms with van der Waals surface area (Å²) < 4.78 is 28.7. The van der Waals surface area contributed by atoms with E-state index in [1.807, 2.05) is 44.2 Å². The minimum atomic E-state index is -3.61. The quantitative estimate of drug-likeness (QED) is 0.747. The SMILES string of the molecule is CC(C)c1ccccc1S(=O)(=O)NC1Cc2ccc(C=CC(=O)O)cc2C1. The highest BCUT2D eigenvalue weighted by molar-refractivity contribution is 7.89. The van der Waals surface area contributed by atoms with Gasteiger partial charge >= 0.3 is 5.97 Å². The number of carboxylic acids is 1. The summed E-state index contributed by atoms with van der Waals surface area (Å²) in [5, 5.41) is 8.74. The van der Waals surface area contributed by atoms with E-state index in [4.69, 9.17) is 5.11 Å². The molecule has 142 valence electrons. The van der Waals surface area contributed by atoms with E-state index in [1.54, 1.807) is 18.2 Å². The maximum absolute atomic E-state index is 12.9. The summed E-state index contributed by atoms with van der Waals surface area (Å²) in [5.41, 5.74) is 3.74. The fourth-order valence-electron chi connectivity index (χ4n) is 3.48. The van der Waals surface area contributed by atoms with Crippen molar-refractivity contribution in [3.8, 4) is 0 Å². The molecule has 27 heavy (non-hydrogen) atoms. The minimum Gasteiger partial charge on any atom is -0.478 e. The topological polar surface area (TPSA) is 83.5 Å². The van der Waals surface area contributed by atoms with Gasteiger partial charge in [0.05, 0.1) is 4.90 Å². The van der Waals surface area contributed by atoms with Gasteiger partial charge < -0.3 is 5.11 Å². The molecule has 0 spiro atoms. The Morgan fingerprint density at radius 1 is 1.15 bits per heavy atom. The average molecular weight is 385 g/mol. The first-order valence-corrected chi connectivity index (χ1v) is 10.4. The van der Waals surface area contributed by atoms with Crippen molar-refractivity contribution in [2.75, 3.05) is 0 Å². The van der Waals surface area contributed by atoms with Crippen LogP contribution < -0.4 is 4.72 Å². The van der Waals surface area contributed by atoms with Gasteiger partial charge in [0.1, 0.15) is 0 Å². The van der Waals surface area contributed by atoms with Gasteiger partial charge in [-0.3, -0.25) is 0 Å². The molecule has 0 radical (unpaired) electrons. The first kappa shape index (κ1) is 19.3. The van der Waals surface area contributed by atoms with Crippen LogP contribution in [0.3, 0.4) is 0 Å². The van der Waals surface area contributed by atoms with Gasteiger partial charge in [0.25, 0.3) is 0 Å². The summed E-state index contributed by atoms with van der Waals surface area (Å²) in [5.74, 6) is -0.882. The van der Waals surface area contributed by atoms with E-state index in [2.05, 4.69) is 4.72 Å². The molecule has 0 aromatic heterocycles. The molecule has 0 fully saturated rings. The predicted octanol–water partition coefficient (Wildman–Crippen LogP) is 3.35. The second-order valence-corrected chi connectivity index (χ2v) is 8.80. The Bertz CT molecular complexity index is 993. The number of nitrogens with one attached hydrogen (secondary N) is 1. The number of rotatable bonds is 6. The lowest BCUT2D eigenvalue weighted by molar-refractivity contribution is -0.131. The Labute approximate surface area is 159 Å². The third kappa shape index (κ3) is 4.46. The molecule has 2 N–H and O–H groups in total. The van der Waals surface area contributed by atoms with E-state index in [0.717, 1.165) is 28.3 Å². The fourth-order valence-corrected chi connectivity index (χ4v) is 5.08. The zero-order valence-electron chi connectivity index (χ0n) is 15.3.